The van der Waals surface area contributed by atoms with Gasteiger partial charge < -0.3 is 0 Å². The molecule has 0 spiro atoms. The lowest BCUT2D eigenvalue weighted by atomic mass is 10.0. The van der Waals surface area contributed by atoms with Gasteiger partial charge in [-0.2, -0.15) is 5.26 Å². The first kappa shape index (κ1) is 8.94. The molecule has 1 aromatic heterocycles. The van der Waals surface area contributed by atoms with Crippen molar-refractivity contribution in [2.45, 2.75) is 19.3 Å². The number of nitriles is 1. The lowest BCUT2D eigenvalue weighted by molar-refractivity contribution is 0.730. The first-order valence-corrected chi connectivity index (χ1v) is 6.00. The van der Waals surface area contributed by atoms with Crippen molar-refractivity contribution >= 4 is 21.4 Å². The molecule has 0 bridgehead atoms. The normalized spacial score (nSPS) is 28.9. The predicted octanol–water partition coefficient (Wildman–Crippen LogP) is 3.92. The molecule has 0 saturated heterocycles. The number of benzene rings is 1. The van der Waals surface area contributed by atoms with Crippen LogP contribution in [-0.4, -0.2) is 0 Å². The van der Waals surface area contributed by atoms with Crippen LogP contribution in [0.4, 0.5) is 0 Å². The van der Waals surface area contributed by atoms with Crippen LogP contribution in [0.1, 0.15) is 24.8 Å². The van der Waals surface area contributed by atoms with Crippen LogP contribution < -0.4 is 0 Å². The Kier molecular flexibility index (Phi) is 1.69. The molecule has 0 N–H and O–H groups in total. The average molecular weight is 213 g/mol. The number of hydrogen-bond donors (Lipinski definition) is 0. The number of hydrogen-bond acceptors (Lipinski definition) is 2. The summed E-state index contributed by atoms with van der Waals surface area (Å²) >= 11 is 1.78. The van der Waals surface area contributed by atoms with Gasteiger partial charge in [0.15, 0.2) is 0 Å². The summed E-state index contributed by atoms with van der Waals surface area (Å²) in [6.45, 7) is 2.06. The molecular formula is C13H11NS. The molecule has 1 nitrogen and oxygen atoms in total. The highest BCUT2D eigenvalue weighted by Crippen LogP contribution is 2.60. The van der Waals surface area contributed by atoms with Crippen LogP contribution in [0.25, 0.3) is 10.1 Å². The number of nitrogens with zero attached hydrogens (tertiary/aromatic N) is 1. The van der Waals surface area contributed by atoms with Crippen LogP contribution in [0.3, 0.4) is 0 Å². The first-order valence-electron chi connectivity index (χ1n) is 5.12. The molecule has 3 rings (SSSR count). The van der Waals surface area contributed by atoms with Gasteiger partial charge in [-0.1, -0.05) is 18.2 Å². The molecule has 0 aliphatic heterocycles. The summed E-state index contributed by atoms with van der Waals surface area (Å²) in [7, 11) is 0. The van der Waals surface area contributed by atoms with Gasteiger partial charge in [0.05, 0.1) is 11.5 Å². The third kappa shape index (κ3) is 1.20. The summed E-state index contributed by atoms with van der Waals surface area (Å²) in [5, 5.41) is 12.6. The fourth-order valence-electron chi connectivity index (χ4n) is 2.21. The van der Waals surface area contributed by atoms with Gasteiger partial charge in [0.1, 0.15) is 0 Å². The Hall–Kier alpha value is -1.33. The molecule has 2 heteroatoms. The quantitative estimate of drug-likeness (QED) is 0.704. The van der Waals surface area contributed by atoms with Crippen LogP contribution in [0.2, 0.25) is 0 Å². The van der Waals surface area contributed by atoms with E-state index in [1.807, 2.05) is 0 Å². The summed E-state index contributed by atoms with van der Waals surface area (Å²) < 4.78 is 1.33. The molecule has 1 aliphatic carbocycles. The molecule has 1 aromatic carbocycles. The van der Waals surface area contributed by atoms with E-state index < -0.39 is 0 Å². The molecular weight excluding hydrogens is 202 g/mol. The second-order valence-corrected chi connectivity index (χ2v) is 5.38. The Bertz CT molecular complexity index is 563. The Labute approximate surface area is 93.0 Å². The van der Waals surface area contributed by atoms with E-state index in [9.17, 15) is 0 Å². The summed E-state index contributed by atoms with van der Waals surface area (Å²) in [4.78, 5) is 0. The number of fused-ring (bicyclic) bond motifs is 1. The lowest BCUT2D eigenvalue weighted by Crippen LogP contribution is -1.91. The van der Waals surface area contributed by atoms with Gasteiger partial charge in [0.25, 0.3) is 0 Å². The Balaban J connectivity index is 2.11. The van der Waals surface area contributed by atoms with E-state index in [2.05, 4.69) is 42.6 Å². The zero-order valence-electron chi connectivity index (χ0n) is 8.53. The summed E-state index contributed by atoms with van der Waals surface area (Å²) in [6.07, 6.45) is 1.02. The molecule has 15 heavy (non-hydrogen) atoms. The summed E-state index contributed by atoms with van der Waals surface area (Å²) in [6, 6.07) is 10.9. The van der Waals surface area contributed by atoms with Gasteiger partial charge in [-0.25, -0.2) is 0 Å². The molecule has 1 aliphatic rings. The molecule has 2 aromatic rings. The van der Waals surface area contributed by atoms with Gasteiger partial charge in [-0.15, -0.1) is 11.3 Å². The third-order valence-corrected chi connectivity index (χ3v) is 4.36. The monoisotopic (exact) mass is 213 g/mol. The minimum Gasteiger partial charge on any atom is -0.198 e. The van der Waals surface area contributed by atoms with E-state index in [0.717, 1.165) is 6.42 Å². The smallest absolute Gasteiger partial charge is 0.0693 e. The molecule has 0 radical (unpaired) electrons. The van der Waals surface area contributed by atoms with Gasteiger partial charge in [0, 0.05) is 10.6 Å². The maximum Gasteiger partial charge on any atom is 0.0693 e. The SMILES string of the molecule is CC1(C#N)CC1c1csc2ccccc12. The maximum atomic E-state index is 9.06. The molecule has 1 saturated carbocycles. The molecule has 2 atom stereocenters. The van der Waals surface area contributed by atoms with Crippen LogP contribution in [0, 0.1) is 16.7 Å². The van der Waals surface area contributed by atoms with Gasteiger partial charge in [-0.3, -0.25) is 0 Å². The van der Waals surface area contributed by atoms with E-state index in [1.54, 1.807) is 11.3 Å². The summed E-state index contributed by atoms with van der Waals surface area (Å²) in [5.41, 5.74) is 1.27. The second-order valence-electron chi connectivity index (χ2n) is 4.47. The number of thiophene rings is 1. The fraction of sp³-hybridized carbons (Fsp3) is 0.308. The van der Waals surface area contributed by atoms with Crippen molar-refractivity contribution in [3.63, 3.8) is 0 Å². The maximum absolute atomic E-state index is 9.06. The van der Waals surface area contributed by atoms with Crippen LogP contribution in [0.5, 0.6) is 0 Å². The molecule has 1 fully saturated rings. The van der Waals surface area contributed by atoms with E-state index in [0.29, 0.717) is 5.92 Å². The van der Waals surface area contributed by atoms with Crippen molar-refractivity contribution in [1.29, 1.82) is 5.26 Å². The highest BCUT2D eigenvalue weighted by molar-refractivity contribution is 7.17. The van der Waals surface area contributed by atoms with Crippen molar-refractivity contribution in [1.82, 2.24) is 0 Å². The van der Waals surface area contributed by atoms with E-state index in [4.69, 9.17) is 5.26 Å². The molecule has 1 heterocycles. The van der Waals surface area contributed by atoms with E-state index in [-0.39, 0.29) is 5.41 Å². The van der Waals surface area contributed by atoms with Crippen LogP contribution in [0.15, 0.2) is 29.6 Å². The Morgan fingerprint density at radius 3 is 3.00 bits per heavy atom. The number of rotatable bonds is 1. The minimum absolute atomic E-state index is 0.107. The first-order chi connectivity index (χ1) is 7.24. The van der Waals surface area contributed by atoms with Crippen molar-refractivity contribution in [3.05, 3.63) is 35.2 Å². The summed E-state index contributed by atoms with van der Waals surface area (Å²) in [5.74, 6) is 0.457. The van der Waals surface area contributed by atoms with Crippen molar-refractivity contribution < 1.29 is 0 Å². The van der Waals surface area contributed by atoms with Crippen molar-refractivity contribution in [2.75, 3.05) is 0 Å². The zero-order chi connectivity index (χ0) is 10.5. The Morgan fingerprint density at radius 2 is 2.27 bits per heavy atom. The fourth-order valence-corrected chi connectivity index (χ4v) is 3.23. The van der Waals surface area contributed by atoms with Crippen LogP contribution >= 0.6 is 11.3 Å². The molecule has 2 unspecified atom stereocenters. The predicted molar refractivity (Wildman–Crippen MR) is 62.9 cm³/mol. The van der Waals surface area contributed by atoms with Crippen molar-refractivity contribution in [2.24, 2.45) is 5.41 Å². The highest BCUT2D eigenvalue weighted by Gasteiger charge is 2.52. The van der Waals surface area contributed by atoms with Gasteiger partial charge in [0.2, 0.25) is 0 Å². The zero-order valence-corrected chi connectivity index (χ0v) is 9.34. The van der Waals surface area contributed by atoms with Gasteiger partial charge in [-0.05, 0) is 35.7 Å². The van der Waals surface area contributed by atoms with Crippen LogP contribution in [-0.2, 0) is 0 Å². The van der Waals surface area contributed by atoms with Crippen molar-refractivity contribution in [3.8, 4) is 6.07 Å². The third-order valence-electron chi connectivity index (χ3n) is 3.38. The Morgan fingerprint density at radius 1 is 1.47 bits per heavy atom. The molecule has 74 valence electrons. The topological polar surface area (TPSA) is 23.8 Å². The largest absolute Gasteiger partial charge is 0.198 e. The highest BCUT2D eigenvalue weighted by atomic mass is 32.1. The minimum atomic E-state index is -0.107. The van der Waals surface area contributed by atoms with Gasteiger partial charge >= 0.3 is 0 Å². The molecule has 0 amide bonds. The lowest BCUT2D eigenvalue weighted by Gasteiger charge is -1.99. The second kappa shape index (κ2) is 2.84. The van der Waals surface area contributed by atoms with E-state index in [1.165, 1.54) is 15.6 Å². The van der Waals surface area contributed by atoms with E-state index >= 15 is 0 Å². The standard InChI is InChI=1S/C13H11NS/c1-13(8-14)6-11(13)10-7-15-12-5-3-2-4-9(10)12/h2-5,7,11H,6H2,1H3. The average Bonchev–Trinajstić information content (AvgIpc) is 2.77.